The number of rotatable bonds is 4. The molecule has 1 fully saturated rings. The summed E-state index contributed by atoms with van der Waals surface area (Å²) in [6.45, 7) is 4.16. The molecule has 2 heterocycles. The van der Waals surface area contributed by atoms with Gasteiger partial charge in [0.15, 0.2) is 0 Å². The number of nitrogen functional groups attached to an aromatic ring is 1. The number of hydrogen-bond acceptors (Lipinski definition) is 7. The molecule has 7 heteroatoms. The molecule has 0 aromatic carbocycles. The van der Waals surface area contributed by atoms with E-state index in [1.54, 1.807) is 6.20 Å². The average Bonchev–Trinajstić information content (AvgIpc) is 2.40. The summed E-state index contributed by atoms with van der Waals surface area (Å²) in [5, 5.41) is 3.33. The second kappa shape index (κ2) is 5.94. The van der Waals surface area contributed by atoms with E-state index in [1.807, 2.05) is 6.07 Å². The van der Waals surface area contributed by atoms with Gasteiger partial charge in [0.1, 0.15) is 5.82 Å². The van der Waals surface area contributed by atoms with Crippen LogP contribution in [-0.4, -0.2) is 66.1 Å². The Labute approximate surface area is 107 Å². The number of hydrogen-bond donors (Lipinski definition) is 3. The normalized spacial score (nSPS) is 21.8. The van der Waals surface area contributed by atoms with Gasteiger partial charge in [0.25, 0.3) is 0 Å². The summed E-state index contributed by atoms with van der Waals surface area (Å²) in [6.07, 6.45) is 1.68. The van der Waals surface area contributed by atoms with E-state index in [-0.39, 0.29) is 0 Å². The van der Waals surface area contributed by atoms with Crippen LogP contribution in [0.3, 0.4) is 0 Å². The highest BCUT2D eigenvalue weighted by atomic mass is 15.3. The highest BCUT2D eigenvalue weighted by molar-refractivity contribution is 5.38. The van der Waals surface area contributed by atoms with Crippen molar-refractivity contribution in [2.75, 3.05) is 51.0 Å². The fourth-order valence-electron chi connectivity index (χ4n) is 2.07. The minimum absolute atomic E-state index is 0.425. The van der Waals surface area contributed by atoms with E-state index in [4.69, 9.17) is 5.84 Å². The second-order valence-corrected chi connectivity index (χ2v) is 4.69. The Hall–Kier alpha value is -1.44. The molecule has 18 heavy (non-hydrogen) atoms. The van der Waals surface area contributed by atoms with Crippen molar-refractivity contribution >= 4 is 11.8 Å². The lowest BCUT2D eigenvalue weighted by Crippen LogP contribution is -2.52. The van der Waals surface area contributed by atoms with Crippen LogP contribution in [0.1, 0.15) is 0 Å². The van der Waals surface area contributed by atoms with Crippen LogP contribution in [0, 0.1) is 0 Å². The van der Waals surface area contributed by atoms with Gasteiger partial charge in [-0.2, -0.15) is 4.98 Å². The number of nitrogens with one attached hydrogen (secondary N) is 2. The second-order valence-electron chi connectivity index (χ2n) is 4.69. The van der Waals surface area contributed by atoms with E-state index in [2.05, 4.69) is 44.6 Å². The Morgan fingerprint density at radius 1 is 1.44 bits per heavy atom. The molecule has 1 aliphatic heterocycles. The van der Waals surface area contributed by atoms with Crippen LogP contribution >= 0.6 is 0 Å². The summed E-state index contributed by atoms with van der Waals surface area (Å²) in [6, 6.07) is 2.33. The third-order valence-corrected chi connectivity index (χ3v) is 3.28. The first-order chi connectivity index (χ1) is 8.69. The number of likely N-dealkylation sites (N-methyl/N-ethyl adjacent to an activating group) is 2. The van der Waals surface area contributed by atoms with Crippen molar-refractivity contribution in [1.82, 2.24) is 19.8 Å². The summed E-state index contributed by atoms with van der Waals surface area (Å²) in [7, 11) is 4.31. The van der Waals surface area contributed by atoms with Gasteiger partial charge in [0.05, 0.1) is 0 Å². The van der Waals surface area contributed by atoms with Gasteiger partial charge < -0.3 is 10.2 Å². The van der Waals surface area contributed by atoms with Gasteiger partial charge in [0.2, 0.25) is 5.95 Å². The maximum atomic E-state index is 5.28. The van der Waals surface area contributed by atoms with E-state index in [0.717, 1.165) is 32.0 Å². The Morgan fingerprint density at radius 2 is 2.28 bits per heavy atom. The zero-order valence-corrected chi connectivity index (χ0v) is 10.9. The van der Waals surface area contributed by atoms with Crippen molar-refractivity contribution in [2.24, 2.45) is 5.84 Å². The molecule has 1 atom stereocenters. The first kappa shape index (κ1) is 13.0. The molecule has 1 saturated heterocycles. The number of aromatic nitrogens is 2. The van der Waals surface area contributed by atoms with Crippen molar-refractivity contribution in [2.45, 2.75) is 6.04 Å². The zero-order chi connectivity index (χ0) is 13.0. The largest absolute Gasteiger partial charge is 0.368 e. The summed E-state index contributed by atoms with van der Waals surface area (Å²) in [4.78, 5) is 12.9. The topological polar surface area (TPSA) is 82.3 Å². The predicted molar refractivity (Wildman–Crippen MR) is 72.2 cm³/mol. The van der Waals surface area contributed by atoms with Gasteiger partial charge in [0, 0.05) is 38.4 Å². The van der Waals surface area contributed by atoms with Gasteiger partial charge in [-0.3, -0.25) is 10.3 Å². The Kier molecular flexibility index (Phi) is 4.29. The van der Waals surface area contributed by atoms with Crippen LogP contribution in [0.15, 0.2) is 12.3 Å². The summed E-state index contributed by atoms with van der Waals surface area (Å²) < 4.78 is 0. The van der Waals surface area contributed by atoms with Crippen molar-refractivity contribution < 1.29 is 0 Å². The van der Waals surface area contributed by atoms with Crippen LogP contribution in [-0.2, 0) is 0 Å². The van der Waals surface area contributed by atoms with Crippen molar-refractivity contribution in [1.29, 1.82) is 0 Å². The molecule has 2 rings (SSSR count). The summed E-state index contributed by atoms with van der Waals surface area (Å²) >= 11 is 0. The van der Waals surface area contributed by atoms with Crippen LogP contribution in [0.2, 0.25) is 0 Å². The lowest BCUT2D eigenvalue weighted by atomic mass is 10.2. The van der Waals surface area contributed by atoms with Gasteiger partial charge in [-0.05, 0) is 20.2 Å². The minimum atomic E-state index is 0.425. The smallest absolute Gasteiger partial charge is 0.239 e. The van der Waals surface area contributed by atoms with Crippen LogP contribution in [0.5, 0.6) is 0 Å². The number of nitrogens with two attached hydrogens (primary N) is 1. The zero-order valence-electron chi connectivity index (χ0n) is 10.9. The Morgan fingerprint density at radius 3 is 3.06 bits per heavy atom. The van der Waals surface area contributed by atoms with Crippen molar-refractivity contribution in [3.8, 4) is 0 Å². The van der Waals surface area contributed by atoms with Crippen molar-refractivity contribution in [3.63, 3.8) is 0 Å². The molecule has 0 bridgehead atoms. The maximum Gasteiger partial charge on any atom is 0.239 e. The molecule has 0 amide bonds. The van der Waals surface area contributed by atoms with Crippen LogP contribution in [0.4, 0.5) is 11.8 Å². The SMILES string of the molecule is CN1CCN(C)C(CNc2ccnc(NN)n2)C1. The van der Waals surface area contributed by atoms with Crippen LogP contribution in [0.25, 0.3) is 0 Å². The molecule has 0 radical (unpaired) electrons. The quantitative estimate of drug-likeness (QED) is 0.488. The fourth-order valence-corrected chi connectivity index (χ4v) is 2.07. The number of anilines is 2. The molecule has 0 saturated carbocycles. The molecule has 0 spiro atoms. The molecule has 7 nitrogen and oxygen atoms in total. The lowest BCUT2D eigenvalue weighted by molar-refractivity contribution is 0.122. The highest BCUT2D eigenvalue weighted by Gasteiger charge is 2.21. The average molecular weight is 251 g/mol. The Bertz CT molecular complexity index is 383. The molecular formula is C11H21N7. The van der Waals surface area contributed by atoms with Crippen molar-refractivity contribution in [3.05, 3.63) is 12.3 Å². The number of nitrogens with zero attached hydrogens (tertiary/aromatic N) is 4. The van der Waals surface area contributed by atoms with E-state index in [0.29, 0.717) is 12.0 Å². The number of hydrazine groups is 1. The summed E-state index contributed by atoms with van der Waals surface area (Å²) in [5.74, 6) is 6.50. The highest BCUT2D eigenvalue weighted by Crippen LogP contribution is 2.09. The first-order valence-corrected chi connectivity index (χ1v) is 6.11. The lowest BCUT2D eigenvalue weighted by Gasteiger charge is -2.37. The summed E-state index contributed by atoms with van der Waals surface area (Å²) in [5.41, 5.74) is 2.44. The van der Waals surface area contributed by atoms with Gasteiger partial charge in [-0.15, -0.1) is 0 Å². The monoisotopic (exact) mass is 251 g/mol. The molecule has 1 aromatic rings. The molecule has 1 unspecified atom stereocenters. The van der Waals surface area contributed by atoms with Crippen LogP contribution < -0.4 is 16.6 Å². The first-order valence-electron chi connectivity index (χ1n) is 6.11. The number of piperazine rings is 1. The van der Waals surface area contributed by atoms with Gasteiger partial charge in [-0.25, -0.2) is 10.8 Å². The van der Waals surface area contributed by atoms with Gasteiger partial charge >= 0.3 is 0 Å². The standard InChI is InChI=1S/C11H21N7/c1-17-5-6-18(2)9(8-17)7-14-10-3-4-13-11(15-10)16-12/h3-4,9H,5-8,12H2,1-2H3,(H2,13,14,15,16). The Balaban J connectivity index is 1.89. The van der Waals surface area contributed by atoms with E-state index >= 15 is 0 Å². The molecule has 1 aromatic heterocycles. The third-order valence-electron chi connectivity index (χ3n) is 3.28. The predicted octanol–water partition coefficient (Wildman–Crippen LogP) is -0.580. The molecular weight excluding hydrogens is 230 g/mol. The van der Waals surface area contributed by atoms with E-state index in [9.17, 15) is 0 Å². The minimum Gasteiger partial charge on any atom is -0.368 e. The molecule has 1 aliphatic rings. The van der Waals surface area contributed by atoms with Gasteiger partial charge in [-0.1, -0.05) is 0 Å². The molecule has 100 valence electrons. The third kappa shape index (κ3) is 3.28. The van der Waals surface area contributed by atoms with E-state index < -0.39 is 0 Å². The maximum absolute atomic E-state index is 5.28. The molecule has 4 N–H and O–H groups in total. The molecule has 0 aliphatic carbocycles. The fraction of sp³-hybridized carbons (Fsp3) is 0.636. The van der Waals surface area contributed by atoms with E-state index in [1.165, 1.54) is 0 Å².